The molecule has 2 unspecified atom stereocenters. The van der Waals surface area contributed by atoms with Gasteiger partial charge in [-0.2, -0.15) is 10.5 Å². The fraction of sp³-hybridized carbons (Fsp3) is 0.625. The van der Waals surface area contributed by atoms with Crippen molar-refractivity contribution in [3.63, 3.8) is 0 Å². The van der Waals surface area contributed by atoms with Crippen LogP contribution in [0.15, 0.2) is 16.4 Å². The van der Waals surface area contributed by atoms with Gasteiger partial charge in [0.05, 0.1) is 12.5 Å². The number of aromatic amines is 1. The Morgan fingerprint density at radius 2 is 2.39 bits per heavy atom. The van der Waals surface area contributed by atoms with E-state index in [0.717, 1.165) is 25.8 Å². The van der Waals surface area contributed by atoms with Crippen molar-refractivity contribution >= 4 is 35.4 Å². The lowest BCUT2D eigenvalue weighted by atomic mass is 10.0. The van der Waals surface area contributed by atoms with Crippen LogP contribution in [0.25, 0.3) is 0 Å². The van der Waals surface area contributed by atoms with Crippen LogP contribution in [0.4, 0.5) is 0 Å². The third-order valence-corrected chi connectivity index (χ3v) is 7.01. The number of carboxylic acids is 1. The lowest BCUT2D eigenvalue weighted by Crippen LogP contribution is -2.70. The lowest BCUT2D eigenvalue weighted by Gasteiger charge is -2.50. The zero-order chi connectivity index (χ0) is 20.1. The highest BCUT2D eigenvalue weighted by atomic mass is 32.2. The van der Waals surface area contributed by atoms with Crippen molar-refractivity contribution in [3.05, 3.63) is 11.3 Å². The van der Waals surface area contributed by atoms with E-state index < -0.39 is 11.2 Å². The quantitative estimate of drug-likeness (QED) is 0.282. The van der Waals surface area contributed by atoms with Crippen molar-refractivity contribution in [1.82, 2.24) is 30.8 Å². The number of fused-ring (bicyclic) bond motifs is 1. The van der Waals surface area contributed by atoms with Crippen LogP contribution in [0.2, 0.25) is 0 Å². The topological polar surface area (TPSA) is 148 Å². The van der Waals surface area contributed by atoms with Crippen molar-refractivity contribution in [2.75, 3.05) is 12.3 Å². The number of hydrogen-bond acceptors (Lipinski definition) is 9. The van der Waals surface area contributed by atoms with Crippen LogP contribution < -0.4 is 5.32 Å². The van der Waals surface area contributed by atoms with E-state index in [1.54, 1.807) is 0 Å². The van der Waals surface area contributed by atoms with Gasteiger partial charge in [0, 0.05) is 11.0 Å². The minimum absolute atomic E-state index is 0.0170. The number of β-lactam (4-membered cyclic amide) rings is 1. The predicted octanol–water partition coefficient (Wildman–Crippen LogP) is 0.976. The number of aromatic nitrogens is 4. The van der Waals surface area contributed by atoms with Gasteiger partial charge in [-0.3, -0.25) is 9.69 Å². The Morgan fingerprint density at radius 1 is 1.57 bits per heavy atom. The van der Waals surface area contributed by atoms with Gasteiger partial charge in [0.2, 0.25) is 11.1 Å². The molecule has 0 aromatic carbocycles. The molecule has 3 atom stereocenters. The second-order valence-corrected chi connectivity index (χ2v) is 8.67. The van der Waals surface area contributed by atoms with Gasteiger partial charge >= 0.3 is 5.97 Å². The highest BCUT2D eigenvalue weighted by Crippen LogP contribution is 2.44. The first-order valence-corrected chi connectivity index (χ1v) is 10.9. The van der Waals surface area contributed by atoms with Gasteiger partial charge in [-0.25, -0.2) is 4.79 Å². The molecule has 0 aliphatic carbocycles. The molecule has 1 amide bonds. The summed E-state index contributed by atoms with van der Waals surface area (Å²) in [6.45, 7) is 2.85. The van der Waals surface area contributed by atoms with Crippen LogP contribution in [0.1, 0.15) is 32.6 Å². The Hall–Kier alpha value is -2.10. The third kappa shape index (κ3) is 4.16. The standard InChI is InChI=1S/C16H21N7O3S2/c1-2-3-4-7-18-11-13(24)23-12(15(25)26)9(8-27-14(11)23)10(5-6-17)28-16-19-21-22-20-16/h10-11,14,18H,2-5,7-8H2,1H3,(H,25,26)(H,19,20,21,22)/t10?,11?,14-/m0/s1. The van der Waals surface area contributed by atoms with Crippen molar-refractivity contribution in [2.45, 2.75) is 54.4 Å². The van der Waals surface area contributed by atoms with Gasteiger partial charge < -0.3 is 10.4 Å². The monoisotopic (exact) mass is 423 g/mol. The zero-order valence-corrected chi connectivity index (χ0v) is 16.9. The van der Waals surface area contributed by atoms with Crippen molar-refractivity contribution in [1.29, 1.82) is 5.26 Å². The Kier molecular flexibility index (Phi) is 6.93. The molecule has 28 heavy (non-hydrogen) atoms. The summed E-state index contributed by atoms with van der Waals surface area (Å²) >= 11 is 2.69. The second-order valence-electron chi connectivity index (χ2n) is 6.39. The molecule has 1 aromatic heterocycles. The molecule has 2 aliphatic heterocycles. The third-order valence-electron chi connectivity index (χ3n) is 4.58. The van der Waals surface area contributed by atoms with E-state index in [4.69, 9.17) is 0 Å². The Labute approximate surface area is 170 Å². The van der Waals surface area contributed by atoms with E-state index in [1.807, 2.05) is 0 Å². The molecule has 0 radical (unpaired) electrons. The molecular weight excluding hydrogens is 402 g/mol. The fourth-order valence-electron chi connectivity index (χ4n) is 3.23. The molecule has 12 heteroatoms. The molecule has 1 saturated heterocycles. The molecule has 1 aromatic rings. The first kappa shape index (κ1) is 20.6. The summed E-state index contributed by atoms with van der Waals surface area (Å²) in [5, 5.41) is 35.4. The summed E-state index contributed by atoms with van der Waals surface area (Å²) in [6.07, 6.45) is 3.24. The molecule has 2 aliphatic rings. The molecular formula is C16H21N7O3S2. The molecule has 0 bridgehead atoms. The summed E-state index contributed by atoms with van der Waals surface area (Å²) in [7, 11) is 0. The minimum atomic E-state index is -1.16. The number of thioether (sulfide) groups is 2. The molecule has 0 spiro atoms. The molecule has 1 fully saturated rings. The summed E-state index contributed by atoms with van der Waals surface area (Å²) < 4.78 is 0. The van der Waals surface area contributed by atoms with Crippen LogP contribution in [-0.4, -0.2) is 71.5 Å². The number of tetrazole rings is 1. The van der Waals surface area contributed by atoms with Crippen molar-refractivity contribution in [3.8, 4) is 6.07 Å². The first-order valence-electron chi connectivity index (χ1n) is 8.99. The number of unbranched alkanes of at least 4 members (excludes halogenated alkanes) is 2. The van der Waals surface area contributed by atoms with Crippen LogP contribution in [-0.2, 0) is 9.59 Å². The minimum Gasteiger partial charge on any atom is -0.477 e. The number of nitriles is 1. The molecule has 3 N–H and O–H groups in total. The number of carbonyl (C=O) groups is 2. The lowest BCUT2D eigenvalue weighted by molar-refractivity contribution is -0.149. The van der Waals surface area contributed by atoms with E-state index in [2.05, 4.69) is 38.9 Å². The van der Waals surface area contributed by atoms with E-state index in [9.17, 15) is 20.0 Å². The Bertz CT molecular complexity index is 793. The van der Waals surface area contributed by atoms with E-state index in [-0.39, 0.29) is 29.4 Å². The number of aliphatic carboxylic acids is 1. The van der Waals surface area contributed by atoms with Gasteiger partial charge in [-0.1, -0.05) is 31.5 Å². The smallest absolute Gasteiger partial charge is 0.352 e. The van der Waals surface area contributed by atoms with Gasteiger partial charge in [-0.05, 0) is 23.8 Å². The van der Waals surface area contributed by atoms with Crippen LogP contribution in [0.5, 0.6) is 0 Å². The van der Waals surface area contributed by atoms with Gasteiger partial charge in [0.1, 0.15) is 17.1 Å². The maximum atomic E-state index is 12.7. The molecule has 3 rings (SSSR count). The number of H-pyrrole nitrogens is 1. The SMILES string of the molecule is CCCCCNC1C(=O)N2C(C(=O)O)=C(C(CC#N)Sc3nn[nH]n3)CS[C@@H]12. The largest absolute Gasteiger partial charge is 0.477 e. The number of nitrogens with zero attached hydrogens (tertiary/aromatic N) is 5. The van der Waals surface area contributed by atoms with Crippen LogP contribution in [0, 0.1) is 11.3 Å². The molecule has 10 nitrogen and oxygen atoms in total. The fourth-order valence-corrected chi connectivity index (χ4v) is 5.71. The number of nitrogens with one attached hydrogen (secondary N) is 2. The summed E-state index contributed by atoms with van der Waals surface area (Å²) in [6, 6.07) is 1.72. The normalized spacial score (nSPS) is 22.4. The number of carboxylic acid groups (broad SMARTS) is 1. The summed E-state index contributed by atoms with van der Waals surface area (Å²) in [4.78, 5) is 26.0. The highest BCUT2D eigenvalue weighted by Gasteiger charge is 2.53. The summed E-state index contributed by atoms with van der Waals surface area (Å²) in [5.74, 6) is -0.959. The average molecular weight is 424 g/mol. The maximum Gasteiger partial charge on any atom is 0.352 e. The van der Waals surface area contributed by atoms with E-state index in [0.29, 0.717) is 16.5 Å². The number of carbonyl (C=O) groups excluding carboxylic acids is 1. The highest BCUT2D eigenvalue weighted by molar-refractivity contribution is 8.01. The predicted molar refractivity (Wildman–Crippen MR) is 103 cm³/mol. The number of amides is 1. The van der Waals surface area contributed by atoms with Crippen LogP contribution >= 0.6 is 23.5 Å². The van der Waals surface area contributed by atoms with Crippen LogP contribution in [0.3, 0.4) is 0 Å². The molecule has 3 heterocycles. The second kappa shape index (κ2) is 9.40. The van der Waals surface area contributed by atoms with Gasteiger partial charge in [-0.15, -0.1) is 22.0 Å². The van der Waals surface area contributed by atoms with Crippen molar-refractivity contribution in [2.24, 2.45) is 0 Å². The molecule has 0 saturated carbocycles. The van der Waals surface area contributed by atoms with Crippen molar-refractivity contribution < 1.29 is 14.7 Å². The zero-order valence-electron chi connectivity index (χ0n) is 15.3. The van der Waals surface area contributed by atoms with E-state index in [1.165, 1.54) is 28.4 Å². The summed E-state index contributed by atoms with van der Waals surface area (Å²) in [5.41, 5.74) is 0.527. The van der Waals surface area contributed by atoms with Gasteiger partial charge in [0.15, 0.2) is 0 Å². The maximum absolute atomic E-state index is 12.7. The number of rotatable bonds is 10. The van der Waals surface area contributed by atoms with E-state index >= 15 is 0 Å². The molecule has 150 valence electrons. The first-order chi connectivity index (χ1) is 13.6. The average Bonchev–Trinajstić information content (AvgIpc) is 3.19. The van der Waals surface area contributed by atoms with Gasteiger partial charge in [0.25, 0.3) is 0 Å². The Balaban J connectivity index is 1.79. The Morgan fingerprint density at radius 3 is 3.04 bits per heavy atom. The number of hydrogen-bond donors (Lipinski definition) is 3.